The molecule has 6 heteroatoms. The first-order valence-electron chi connectivity index (χ1n) is 9.75. The molecule has 1 aliphatic rings. The summed E-state index contributed by atoms with van der Waals surface area (Å²) >= 11 is 0. The molecule has 150 valence electrons. The number of rotatable bonds is 5. The van der Waals surface area contributed by atoms with E-state index in [1.54, 1.807) is 0 Å². The lowest BCUT2D eigenvalue weighted by Gasteiger charge is -2.25. The van der Waals surface area contributed by atoms with E-state index in [-0.39, 0.29) is 17.4 Å². The van der Waals surface area contributed by atoms with Gasteiger partial charge in [0.25, 0.3) is 0 Å². The van der Waals surface area contributed by atoms with Gasteiger partial charge in [-0.05, 0) is 65.8 Å². The number of aryl methyl sites for hydroxylation is 2. The van der Waals surface area contributed by atoms with Crippen LogP contribution >= 0.6 is 0 Å². The molecule has 2 rings (SSSR count). The lowest BCUT2D eigenvalue weighted by molar-refractivity contribution is -0.123. The summed E-state index contributed by atoms with van der Waals surface area (Å²) in [5.74, 6) is 0.0735. The number of carbonyl (C=O) groups excluding carboxylic acids is 2. The van der Waals surface area contributed by atoms with Crippen LogP contribution in [0.3, 0.4) is 0 Å². The largest absolute Gasteiger partial charge is 0.350 e. The summed E-state index contributed by atoms with van der Waals surface area (Å²) in [5, 5.41) is 6.02. The Balaban J connectivity index is 1.80. The van der Waals surface area contributed by atoms with Gasteiger partial charge in [0.1, 0.15) is 0 Å². The van der Waals surface area contributed by atoms with E-state index in [2.05, 4.69) is 26.5 Å². The molecule has 27 heavy (non-hydrogen) atoms. The second kappa shape index (κ2) is 9.33. The molecule has 1 aliphatic heterocycles. The van der Waals surface area contributed by atoms with Crippen molar-refractivity contribution in [1.82, 2.24) is 15.1 Å². The van der Waals surface area contributed by atoms with Gasteiger partial charge in [0.05, 0.1) is 13.1 Å². The monoisotopic (exact) mass is 374 g/mol. The predicted molar refractivity (Wildman–Crippen MR) is 110 cm³/mol. The molecule has 2 N–H and O–H groups in total. The standard InChI is InChI=1S/C21H34N4O2/c1-16-7-8-18(17(2)13-16)22-19(26)14-24-9-6-10-25(12-11-24)15-20(27)23-21(3,4)5/h7-8,13H,6,9-12,14-15H2,1-5H3,(H,22,26)(H,23,27). The summed E-state index contributed by atoms with van der Waals surface area (Å²) in [6.07, 6.45) is 0.958. The van der Waals surface area contributed by atoms with E-state index >= 15 is 0 Å². The van der Waals surface area contributed by atoms with Crippen molar-refractivity contribution in [3.63, 3.8) is 0 Å². The number of anilines is 1. The molecule has 1 fully saturated rings. The predicted octanol–water partition coefficient (Wildman–Crippen LogP) is 2.16. The number of nitrogens with zero attached hydrogens (tertiary/aromatic N) is 2. The minimum Gasteiger partial charge on any atom is -0.350 e. The highest BCUT2D eigenvalue weighted by molar-refractivity contribution is 5.93. The highest BCUT2D eigenvalue weighted by Crippen LogP contribution is 2.16. The van der Waals surface area contributed by atoms with Crippen molar-refractivity contribution in [1.29, 1.82) is 0 Å². The SMILES string of the molecule is Cc1ccc(NC(=O)CN2CCCN(CC(=O)NC(C)(C)C)CC2)c(C)c1. The zero-order valence-corrected chi connectivity index (χ0v) is 17.4. The fraction of sp³-hybridized carbons (Fsp3) is 0.619. The van der Waals surface area contributed by atoms with E-state index in [1.165, 1.54) is 5.56 Å². The number of hydrogen-bond donors (Lipinski definition) is 2. The Morgan fingerprint density at radius 1 is 0.963 bits per heavy atom. The molecule has 1 saturated heterocycles. The van der Waals surface area contributed by atoms with Crippen molar-refractivity contribution in [2.75, 3.05) is 44.6 Å². The van der Waals surface area contributed by atoms with Gasteiger partial charge in [0.2, 0.25) is 11.8 Å². The molecule has 1 aromatic carbocycles. The van der Waals surface area contributed by atoms with Gasteiger partial charge in [0, 0.05) is 24.3 Å². The van der Waals surface area contributed by atoms with Gasteiger partial charge in [0.15, 0.2) is 0 Å². The minimum atomic E-state index is -0.207. The fourth-order valence-electron chi connectivity index (χ4n) is 3.35. The Kier molecular flexibility index (Phi) is 7.39. The van der Waals surface area contributed by atoms with Crippen LogP contribution in [0, 0.1) is 13.8 Å². The van der Waals surface area contributed by atoms with Crippen LogP contribution in [0.5, 0.6) is 0 Å². The first-order valence-corrected chi connectivity index (χ1v) is 9.75. The number of nitrogens with one attached hydrogen (secondary N) is 2. The molecule has 0 bridgehead atoms. The Labute approximate surface area is 163 Å². The van der Waals surface area contributed by atoms with Crippen LogP contribution in [0.15, 0.2) is 18.2 Å². The maximum absolute atomic E-state index is 12.4. The van der Waals surface area contributed by atoms with Crippen LogP contribution < -0.4 is 10.6 Å². The molecule has 1 aromatic rings. The van der Waals surface area contributed by atoms with Gasteiger partial charge >= 0.3 is 0 Å². The maximum atomic E-state index is 12.4. The van der Waals surface area contributed by atoms with E-state index in [0.29, 0.717) is 13.1 Å². The molecule has 0 aliphatic carbocycles. The number of benzene rings is 1. The molecule has 0 aromatic heterocycles. The van der Waals surface area contributed by atoms with Gasteiger partial charge in [-0.25, -0.2) is 0 Å². The van der Waals surface area contributed by atoms with Gasteiger partial charge in [-0.15, -0.1) is 0 Å². The molecular formula is C21H34N4O2. The average molecular weight is 375 g/mol. The second-order valence-corrected chi connectivity index (χ2v) is 8.57. The van der Waals surface area contributed by atoms with E-state index in [0.717, 1.165) is 43.9 Å². The molecular weight excluding hydrogens is 340 g/mol. The molecule has 2 amide bonds. The van der Waals surface area contributed by atoms with Crippen LogP contribution in [0.4, 0.5) is 5.69 Å². The van der Waals surface area contributed by atoms with Crippen molar-refractivity contribution in [2.24, 2.45) is 0 Å². The van der Waals surface area contributed by atoms with E-state index in [9.17, 15) is 9.59 Å². The third-order valence-corrected chi connectivity index (χ3v) is 4.59. The zero-order chi connectivity index (χ0) is 20.0. The number of hydrogen-bond acceptors (Lipinski definition) is 4. The van der Waals surface area contributed by atoms with Gasteiger partial charge in [-0.2, -0.15) is 0 Å². The maximum Gasteiger partial charge on any atom is 0.238 e. The molecule has 1 heterocycles. The van der Waals surface area contributed by atoms with Crippen LogP contribution in [0.25, 0.3) is 0 Å². The first-order chi connectivity index (χ1) is 12.6. The Bertz CT molecular complexity index is 667. The summed E-state index contributed by atoms with van der Waals surface area (Å²) in [6, 6.07) is 6.04. The minimum absolute atomic E-state index is 0.0147. The first kappa shape index (κ1) is 21.4. The Hall–Kier alpha value is -1.92. The van der Waals surface area contributed by atoms with Crippen molar-refractivity contribution in [3.8, 4) is 0 Å². The molecule has 6 nitrogen and oxygen atoms in total. The molecule has 0 spiro atoms. The molecule has 0 radical (unpaired) electrons. The highest BCUT2D eigenvalue weighted by Gasteiger charge is 2.21. The van der Waals surface area contributed by atoms with Crippen molar-refractivity contribution < 1.29 is 9.59 Å². The van der Waals surface area contributed by atoms with Gasteiger partial charge < -0.3 is 10.6 Å². The van der Waals surface area contributed by atoms with E-state index in [4.69, 9.17) is 0 Å². The lowest BCUT2D eigenvalue weighted by Crippen LogP contribution is -2.46. The normalized spacial score (nSPS) is 16.6. The van der Waals surface area contributed by atoms with Crippen LogP contribution in [-0.4, -0.2) is 66.4 Å². The second-order valence-electron chi connectivity index (χ2n) is 8.57. The molecule has 0 atom stereocenters. The Morgan fingerprint density at radius 3 is 2.11 bits per heavy atom. The zero-order valence-electron chi connectivity index (χ0n) is 17.4. The highest BCUT2D eigenvalue weighted by atomic mass is 16.2. The lowest BCUT2D eigenvalue weighted by atomic mass is 10.1. The van der Waals surface area contributed by atoms with E-state index in [1.807, 2.05) is 46.8 Å². The van der Waals surface area contributed by atoms with Gasteiger partial charge in [-0.3, -0.25) is 19.4 Å². The van der Waals surface area contributed by atoms with E-state index < -0.39 is 0 Å². The summed E-state index contributed by atoms with van der Waals surface area (Å²) in [7, 11) is 0. The topological polar surface area (TPSA) is 64.7 Å². The van der Waals surface area contributed by atoms with Crippen LogP contribution in [0.2, 0.25) is 0 Å². The van der Waals surface area contributed by atoms with Crippen LogP contribution in [0.1, 0.15) is 38.3 Å². The summed E-state index contributed by atoms with van der Waals surface area (Å²) in [5.41, 5.74) is 2.94. The smallest absolute Gasteiger partial charge is 0.238 e. The number of amides is 2. The summed E-state index contributed by atoms with van der Waals surface area (Å²) in [6.45, 7) is 14.2. The van der Waals surface area contributed by atoms with Crippen molar-refractivity contribution in [3.05, 3.63) is 29.3 Å². The van der Waals surface area contributed by atoms with Crippen molar-refractivity contribution in [2.45, 2.75) is 46.6 Å². The third kappa shape index (κ3) is 7.69. The quantitative estimate of drug-likeness (QED) is 0.829. The fourth-order valence-corrected chi connectivity index (χ4v) is 3.35. The average Bonchev–Trinajstić information content (AvgIpc) is 2.73. The van der Waals surface area contributed by atoms with Crippen molar-refractivity contribution >= 4 is 17.5 Å². The summed E-state index contributed by atoms with van der Waals surface area (Å²) < 4.78 is 0. The van der Waals surface area contributed by atoms with Gasteiger partial charge in [-0.1, -0.05) is 17.7 Å². The van der Waals surface area contributed by atoms with Crippen LogP contribution in [-0.2, 0) is 9.59 Å². The summed E-state index contributed by atoms with van der Waals surface area (Å²) in [4.78, 5) is 28.9. The molecule has 0 unspecified atom stereocenters. The third-order valence-electron chi connectivity index (χ3n) is 4.59. The molecule has 0 saturated carbocycles. The Morgan fingerprint density at radius 2 is 1.56 bits per heavy atom. The number of carbonyl (C=O) groups is 2.